The molecule has 1 aliphatic carbocycles. The minimum absolute atomic E-state index is 0.146. The number of alkyl halides is 8. The minimum Gasteiger partial charge on any atom is -0.240 e. The average Bonchev–Trinajstić information content (AvgIpc) is 2.13. The van der Waals surface area contributed by atoms with E-state index in [0.29, 0.717) is 6.92 Å². The molecule has 0 N–H and O–H groups in total. The standard InChI is InChI=1S/C10H12F7I/c1-3-4-7(12)6(2,11)5-8(13,14)9(15,16)10(7,17)18/h3-5H2,1-2H3. The first kappa shape index (κ1) is 16.3. The quantitative estimate of drug-likeness (QED) is 0.353. The molecule has 1 aliphatic rings. The normalized spacial score (nSPS) is 47.0. The Kier molecular flexibility index (Phi) is 3.73. The summed E-state index contributed by atoms with van der Waals surface area (Å²) in [4.78, 5) is 0. The lowest BCUT2D eigenvalue weighted by Gasteiger charge is -2.53. The van der Waals surface area contributed by atoms with Gasteiger partial charge in [-0.25, -0.2) is 13.2 Å². The van der Waals surface area contributed by atoms with E-state index in [2.05, 4.69) is 0 Å². The monoisotopic (exact) mass is 392 g/mol. The van der Waals surface area contributed by atoms with Gasteiger partial charge in [0.2, 0.25) is 0 Å². The maximum atomic E-state index is 14.4. The van der Waals surface area contributed by atoms with Gasteiger partial charge in [0.1, 0.15) is 0 Å². The molecule has 0 saturated heterocycles. The highest BCUT2D eigenvalue weighted by molar-refractivity contribution is 14.1. The molecule has 0 radical (unpaired) electrons. The molecule has 18 heavy (non-hydrogen) atoms. The molecule has 0 aromatic rings. The van der Waals surface area contributed by atoms with Crippen molar-refractivity contribution in [2.45, 2.75) is 60.0 Å². The molecule has 0 spiro atoms. The topological polar surface area (TPSA) is 0 Å². The molecule has 8 heteroatoms. The van der Waals surface area contributed by atoms with Gasteiger partial charge < -0.3 is 0 Å². The largest absolute Gasteiger partial charge is 0.355 e. The zero-order chi connectivity index (χ0) is 14.6. The van der Waals surface area contributed by atoms with Crippen LogP contribution in [0.5, 0.6) is 0 Å². The highest BCUT2D eigenvalue weighted by atomic mass is 127. The molecule has 0 aromatic carbocycles. The predicted octanol–water partition coefficient (Wildman–Crippen LogP) is 5.00. The summed E-state index contributed by atoms with van der Waals surface area (Å²) in [5, 5.41) is 0. The van der Waals surface area contributed by atoms with Gasteiger partial charge in [0.25, 0.3) is 3.68 Å². The van der Waals surface area contributed by atoms with Crippen molar-refractivity contribution in [3.05, 3.63) is 0 Å². The summed E-state index contributed by atoms with van der Waals surface area (Å²) in [6.45, 7) is 1.73. The van der Waals surface area contributed by atoms with Crippen LogP contribution in [-0.2, 0) is 0 Å². The Labute approximate surface area is 113 Å². The maximum Gasteiger partial charge on any atom is 0.355 e. The van der Waals surface area contributed by atoms with Crippen LogP contribution in [0.1, 0.15) is 33.1 Å². The fourth-order valence-electron chi connectivity index (χ4n) is 2.24. The van der Waals surface area contributed by atoms with Gasteiger partial charge in [0.05, 0.1) is 6.42 Å². The van der Waals surface area contributed by atoms with Crippen molar-refractivity contribution >= 4 is 22.6 Å². The van der Waals surface area contributed by atoms with E-state index in [1.807, 2.05) is 0 Å². The molecule has 0 aliphatic heterocycles. The first-order valence-corrected chi connectivity index (χ1v) is 6.36. The van der Waals surface area contributed by atoms with E-state index in [1.165, 1.54) is 6.92 Å². The van der Waals surface area contributed by atoms with Crippen LogP contribution in [0.2, 0.25) is 0 Å². The van der Waals surface area contributed by atoms with Gasteiger partial charge in [-0.1, -0.05) is 13.3 Å². The molecule has 0 amide bonds. The lowest BCUT2D eigenvalue weighted by molar-refractivity contribution is -0.327. The lowest BCUT2D eigenvalue weighted by atomic mass is 9.68. The van der Waals surface area contributed by atoms with Crippen LogP contribution in [-0.4, -0.2) is 26.9 Å². The predicted molar refractivity (Wildman–Crippen MR) is 60.6 cm³/mol. The molecule has 3 atom stereocenters. The van der Waals surface area contributed by atoms with E-state index in [9.17, 15) is 30.7 Å². The van der Waals surface area contributed by atoms with Crippen molar-refractivity contribution in [1.29, 1.82) is 0 Å². The molecule has 108 valence electrons. The Hall–Kier alpha value is 0.240. The third-order valence-corrected chi connectivity index (χ3v) is 4.86. The van der Waals surface area contributed by atoms with Crippen LogP contribution in [0.3, 0.4) is 0 Å². The number of hydrogen-bond acceptors (Lipinski definition) is 0. The highest BCUT2D eigenvalue weighted by Gasteiger charge is 2.85. The van der Waals surface area contributed by atoms with E-state index in [-0.39, 0.29) is 29.0 Å². The molecule has 1 fully saturated rings. The van der Waals surface area contributed by atoms with Crippen LogP contribution in [0.15, 0.2) is 0 Å². The van der Waals surface area contributed by atoms with Gasteiger partial charge in [-0.3, -0.25) is 0 Å². The maximum absolute atomic E-state index is 14.4. The van der Waals surface area contributed by atoms with Crippen LogP contribution >= 0.6 is 22.6 Å². The van der Waals surface area contributed by atoms with E-state index in [4.69, 9.17) is 0 Å². The van der Waals surface area contributed by atoms with Crippen LogP contribution in [0.25, 0.3) is 0 Å². The third-order valence-electron chi connectivity index (χ3n) is 3.33. The Bertz CT molecular complexity index is 339. The number of hydrogen-bond donors (Lipinski definition) is 0. The fourth-order valence-corrected chi connectivity index (χ4v) is 3.46. The van der Waals surface area contributed by atoms with Crippen molar-refractivity contribution in [1.82, 2.24) is 0 Å². The lowest BCUT2D eigenvalue weighted by Crippen LogP contribution is -2.74. The fraction of sp³-hybridized carbons (Fsp3) is 1.00. The summed E-state index contributed by atoms with van der Waals surface area (Å²) < 4.78 is 91.2. The van der Waals surface area contributed by atoms with Crippen molar-refractivity contribution in [3.63, 3.8) is 0 Å². The molecular formula is C10H12F7I. The van der Waals surface area contributed by atoms with Crippen molar-refractivity contribution in [2.75, 3.05) is 0 Å². The molecule has 0 bridgehead atoms. The summed E-state index contributed by atoms with van der Waals surface area (Å²) in [7, 11) is 0. The molecular weight excluding hydrogens is 380 g/mol. The first-order chi connectivity index (χ1) is 7.77. The molecule has 1 rings (SSSR count). The first-order valence-electron chi connectivity index (χ1n) is 5.28. The van der Waals surface area contributed by atoms with Gasteiger partial charge in [0.15, 0.2) is 11.3 Å². The average molecular weight is 392 g/mol. The summed E-state index contributed by atoms with van der Waals surface area (Å²) in [6.07, 6.45) is -3.09. The molecule has 1 saturated carbocycles. The summed E-state index contributed by atoms with van der Waals surface area (Å²) in [5.41, 5.74) is -7.04. The number of rotatable bonds is 2. The second-order valence-electron chi connectivity index (χ2n) is 4.78. The van der Waals surface area contributed by atoms with E-state index < -0.39 is 39.7 Å². The van der Waals surface area contributed by atoms with Gasteiger partial charge in [-0.15, -0.1) is 0 Å². The van der Waals surface area contributed by atoms with Gasteiger partial charge in [0, 0.05) is 0 Å². The summed E-state index contributed by atoms with van der Waals surface area (Å²) in [6, 6.07) is 0. The SMILES string of the molecule is CCCC1(F)C(C)(F)CC(F)(F)C(F)(F)C1(F)I. The van der Waals surface area contributed by atoms with Gasteiger partial charge >= 0.3 is 11.8 Å². The van der Waals surface area contributed by atoms with Gasteiger partial charge in [-0.2, -0.15) is 17.6 Å². The van der Waals surface area contributed by atoms with Crippen LogP contribution < -0.4 is 0 Å². The van der Waals surface area contributed by atoms with Crippen LogP contribution in [0.4, 0.5) is 30.7 Å². The zero-order valence-electron chi connectivity index (χ0n) is 9.65. The second kappa shape index (κ2) is 4.12. The Balaban J connectivity index is 3.45. The summed E-state index contributed by atoms with van der Waals surface area (Å²) in [5.74, 6) is -10.2. The molecule has 3 unspecified atom stereocenters. The summed E-state index contributed by atoms with van der Waals surface area (Å²) >= 11 is 0.275. The van der Waals surface area contributed by atoms with E-state index in [0.717, 1.165) is 0 Å². The van der Waals surface area contributed by atoms with Crippen molar-refractivity contribution in [2.24, 2.45) is 0 Å². The molecule has 0 heterocycles. The van der Waals surface area contributed by atoms with Crippen molar-refractivity contribution < 1.29 is 30.7 Å². The Morgan fingerprint density at radius 1 is 1.00 bits per heavy atom. The van der Waals surface area contributed by atoms with Gasteiger partial charge in [-0.05, 0) is 35.9 Å². The molecule has 0 aromatic heterocycles. The Morgan fingerprint density at radius 2 is 1.44 bits per heavy atom. The number of halogens is 8. The Morgan fingerprint density at radius 3 is 1.83 bits per heavy atom. The third kappa shape index (κ3) is 1.76. The van der Waals surface area contributed by atoms with Crippen molar-refractivity contribution in [3.8, 4) is 0 Å². The minimum atomic E-state index is -5.27. The highest BCUT2D eigenvalue weighted by Crippen LogP contribution is 2.66. The smallest absolute Gasteiger partial charge is 0.240 e. The van der Waals surface area contributed by atoms with E-state index >= 15 is 0 Å². The molecule has 0 nitrogen and oxygen atoms in total. The zero-order valence-corrected chi connectivity index (χ0v) is 11.8. The van der Waals surface area contributed by atoms with Crippen LogP contribution in [0, 0.1) is 0 Å². The van der Waals surface area contributed by atoms with E-state index in [1.54, 1.807) is 0 Å². The second-order valence-corrected chi connectivity index (χ2v) is 6.27.